The highest BCUT2D eigenvalue weighted by molar-refractivity contribution is 6.11. The highest BCUT2D eigenvalue weighted by Crippen LogP contribution is 2.15. The van der Waals surface area contributed by atoms with Gasteiger partial charge in [-0.05, 0) is 42.0 Å². The first-order valence-corrected chi connectivity index (χ1v) is 10.5. The van der Waals surface area contributed by atoms with Crippen LogP contribution in [-0.4, -0.2) is 64.7 Å². The van der Waals surface area contributed by atoms with Crippen LogP contribution in [0.3, 0.4) is 0 Å². The third-order valence-electron chi connectivity index (χ3n) is 5.41. The topological polar surface area (TPSA) is 96.9 Å². The second-order valence-electron chi connectivity index (χ2n) is 7.57. The fraction of sp³-hybridized carbons (Fsp3) is 0.250. The SMILES string of the molecule is CO/N=C(\c1ccc(C(=O)N2CCN(Cc3ccnc(N)c3)CC2)cc1)c1ccccn1. The van der Waals surface area contributed by atoms with Gasteiger partial charge in [-0.25, -0.2) is 4.98 Å². The van der Waals surface area contributed by atoms with E-state index in [2.05, 4.69) is 20.0 Å². The number of hydrogen-bond acceptors (Lipinski definition) is 7. The zero-order valence-corrected chi connectivity index (χ0v) is 18.0. The van der Waals surface area contributed by atoms with Gasteiger partial charge in [-0.2, -0.15) is 0 Å². The van der Waals surface area contributed by atoms with E-state index in [1.165, 1.54) is 7.11 Å². The number of carbonyl (C=O) groups is 1. The molecule has 0 radical (unpaired) electrons. The van der Waals surface area contributed by atoms with Gasteiger partial charge in [-0.3, -0.25) is 14.7 Å². The van der Waals surface area contributed by atoms with Crippen molar-refractivity contribution in [2.75, 3.05) is 39.0 Å². The van der Waals surface area contributed by atoms with Gasteiger partial charge in [-0.1, -0.05) is 23.4 Å². The first kappa shape index (κ1) is 21.5. The van der Waals surface area contributed by atoms with Gasteiger partial charge >= 0.3 is 0 Å². The highest BCUT2D eigenvalue weighted by atomic mass is 16.6. The predicted molar refractivity (Wildman–Crippen MR) is 123 cm³/mol. The molecular weight excluding hydrogens is 404 g/mol. The van der Waals surface area contributed by atoms with Gasteiger partial charge in [0.05, 0.1) is 5.69 Å². The third kappa shape index (κ3) is 5.09. The normalized spacial score (nSPS) is 14.9. The molecule has 3 heterocycles. The van der Waals surface area contributed by atoms with Crippen LogP contribution in [0.2, 0.25) is 0 Å². The number of nitrogen functional groups attached to an aromatic ring is 1. The van der Waals surface area contributed by atoms with Crippen LogP contribution in [0.25, 0.3) is 0 Å². The van der Waals surface area contributed by atoms with E-state index < -0.39 is 0 Å². The van der Waals surface area contributed by atoms with E-state index >= 15 is 0 Å². The predicted octanol–water partition coefficient (Wildman–Crippen LogP) is 2.42. The number of aromatic nitrogens is 2. The van der Waals surface area contributed by atoms with E-state index in [0.717, 1.165) is 30.8 Å². The molecule has 1 aromatic carbocycles. The van der Waals surface area contributed by atoms with Crippen molar-refractivity contribution in [1.29, 1.82) is 0 Å². The van der Waals surface area contributed by atoms with Gasteiger partial charge < -0.3 is 15.5 Å². The third-order valence-corrected chi connectivity index (χ3v) is 5.41. The van der Waals surface area contributed by atoms with E-state index in [1.807, 2.05) is 59.5 Å². The molecule has 0 unspecified atom stereocenters. The van der Waals surface area contributed by atoms with Gasteiger partial charge in [0.1, 0.15) is 18.6 Å². The summed E-state index contributed by atoms with van der Waals surface area (Å²) in [7, 11) is 1.50. The van der Waals surface area contributed by atoms with Crippen LogP contribution in [0.1, 0.15) is 27.2 Å². The molecule has 4 rings (SSSR count). The Balaban J connectivity index is 1.38. The number of nitrogens with two attached hydrogens (primary N) is 1. The van der Waals surface area contributed by atoms with Crippen LogP contribution >= 0.6 is 0 Å². The number of benzene rings is 1. The molecule has 1 aliphatic heterocycles. The molecule has 0 aliphatic carbocycles. The molecule has 1 amide bonds. The number of rotatable bonds is 6. The number of hydrogen-bond donors (Lipinski definition) is 1. The molecular formula is C24H26N6O2. The summed E-state index contributed by atoms with van der Waals surface area (Å²) in [6.07, 6.45) is 3.44. The Bertz CT molecular complexity index is 1080. The Kier molecular flexibility index (Phi) is 6.72. The van der Waals surface area contributed by atoms with E-state index in [1.54, 1.807) is 12.4 Å². The van der Waals surface area contributed by atoms with Crippen molar-refractivity contribution in [1.82, 2.24) is 19.8 Å². The number of carbonyl (C=O) groups excluding carboxylic acids is 1. The standard InChI is InChI=1S/C24H26N6O2/c1-32-28-23(21-4-2-3-10-26-21)19-5-7-20(8-6-19)24(31)30-14-12-29(13-15-30)17-18-9-11-27-22(25)16-18/h2-11,16H,12-15,17H2,1H3,(H2,25,27)/b28-23+. The summed E-state index contributed by atoms with van der Waals surface area (Å²) in [4.78, 5) is 30.6. The smallest absolute Gasteiger partial charge is 0.253 e. The van der Waals surface area contributed by atoms with Crippen LogP contribution < -0.4 is 5.73 Å². The first-order chi connectivity index (χ1) is 15.6. The first-order valence-electron chi connectivity index (χ1n) is 10.5. The summed E-state index contributed by atoms with van der Waals surface area (Å²) < 4.78 is 0. The Morgan fingerprint density at radius 2 is 1.75 bits per heavy atom. The molecule has 32 heavy (non-hydrogen) atoms. The number of anilines is 1. The van der Waals surface area contributed by atoms with Gasteiger partial charge in [-0.15, -0.1) is 0 Å². The molecule has 1 saturated heterocycles. The number of piperazine rings is 1. The number of pyridine rings is 2. The van der Waals surface area contributed by atoms with Gasteiger partial charge in [0.15, 0.2) is 0 Å². The molecule has 1 aliphatic rings. The number of oxime groups is 1. The minimum absolute atomic E-state index is 0.0346. The lowest BCUT2D eigenvalue weighted by Crippen LogP contribution is -2.48. The number of nitrogens with zero attached hydrogens (tertiary/aromatic N) is 5. The maximum absolute atomic E-state index is 13.0. The highest BCUT2D eigenvalue weighted by Gasteiger charge is 2.22. The summed E-state index contributed by atoms with van der Waals surface area (Å²) >= 11 is 0. The quantitative estimate of drug-likeness (QED) is 0.477. The molecule has 2 N–H and O–H groups in total. The van der Waals surface area contributed by atoms with Crippen LogP contribution in [0.15, 0.2) is 72.1 Å². The fourth-order valence-electron chi connectivity index (χ4n) is 3.75. The van der Waals surface area contributed by atoms with E-state index in [9.17, 15) is 4.79 Å². The Hall–Kier alpha value is -3.78. The van der Waals surface area contributed by atoms with Crippen LogP contribution in [-0.2, 0) is 11.4 Å². The van der Waals surface area contributed by atoms with Crippen LogP contribution in [0, 0.1) is 0 Å². The minimum Gasteiger partial charge on any atom is -0.399 e. The molecule has 8 heteroatoms. The molecule has 0 spiro atoms. The van der Waals surface area contributed by atoms with Crippen molar-refractivity contribution < 1.29 is 9.63 Å². The van der Waals surface area contributed by atoms with Crippen molar-refractivity contribution in [2.45, 2.75) is 6.54 Å². The van der Waals surface area contributed by atoms with E-state index in [4.69, 9.17) is 10.6 Å². The Labute approximate surface area is 187 Å². The average Bonchev–Trinajstić information content (AvgIpc) is 2.83. The van der Waals surface area contributed by atoms with Crippen LogP contribution in [0.5, 0.6) is 0 Å². The zero-order valence-electron chi connectivity index (χ0n) is 18.0. The van der Waals surface area contributed by atoms with Gasteiger partial charge in [0.25, 0.3) is 5.91 Å². The largest absolute Gasteiger partial charge is 0.399 e. The summed E-state index contributed by atoms with van der Waals surface area (Å²) in [5.74, 6) is 0.564. The molecule has 8 nitrogen and oxygen atoms in total. The molecule has 2 aromatic heterocycles. The summed E-state index contributed by atoms with van der Waals surface area (Å²) in [6, 6.07) is 16.9. The molecule has 164 valence electrons. The molecule has 0 atom stereocenters. The monoisotopic (exact) mass is 430 g/mol. The minimum atomic E-state index is 0.0346. The Morgan fingerprint density at radius 1 is 1.00 bits per heavy atom. The maximum atomic E-state index is 13.0. The maximum Gasteiger partial charge on any atom is 0.253 e. The molecule has 1 fully saturated rings. The summed E-state index contributed by atoms with van der Waals surface area (Å²) in [5, 5.41) is 4.12. The zero-order chi connectivity index (χ0) is 22.3. The van der Waals surface area contributed by atoms with Crippen LogP contribution in [0.4, 0.5) is 5.82 Å². The second-order valence-corrected chi connectivity index (χ2v) is 7.57. The van der Waals surface area contributed by atoms with Gasteiger partial charge in [0, 0.05) is 56.2 Å². The summed E-state index contributed by atoms with van der Waals surface area (Å²) in [5.41, 5.74) is 9.72. The van der Waals surface area contributed by atoms with E-state index in [-0.39, 0.29) is 5.91 Å². The van der Waals surface area contributed by atoms with Crippen molar-refractivity contribution >= 4 is 17.4 Å². The number of amides is 1. The lowest BCUT2D eigenvalue weighted by molar-refractivity contribution is 0.0628. The lowest BCUT2D eigenvalue weighted by Gasteiger charge is -2.34. The second kappa shape index (κ2) is 10.0. The fourth-order valence-corrected chi connectivity index (χ4v) is 3.75. The Morgan fingerprint density at radius 3 is 2.41 bits per heavy atom. The molecule has 3 aromatic rings. The van der Waals surface area contributed by atoms with Crippen molar-refractivity contribution in [2.24, 2.45) is 5.16 Å². The average molecular weight is 431 g/mol. The van der Waals surface area contributed by atoms with Gasteiger partial charge in [0.2, 0.25) is 0 Å². The summed E-state index contributed by atoms with van der Waals surface area (Å²) in [6.45, 7) is 3.81. The molecule has 0 bridgehead atoms. The molecule has 0 saturated carbocycles. The van der Waals surface area contributed by atoms with E-state index in [0.29, 0.717) is 35.9 Å². The lowest BCUT2D eigenvalue weighted by atomic mass is 10.0. The van der Waals surface area contributed by atoms with Crippen molar-refractivity contribution in [3.63, 3.8) is 0 Å². The van der Waals surface area contributed by atoms with Crippen molar-refractivity contribution in [3.05, 3.63) is 89.4 Å². The van der Waals surface area contributed by atoms with Crippen molar-refractivity contribution in [3.8, 4) is 0 Å².